The fraction of sp³-hybridized carbons (Fsp3) is 0.158. The van der Waals surface area contributed by atoms with Crippen LogP contribution in [-0.4, -0.2) is 16.0 Å². The van der Waals surface area contributed by atoms with Crippen molar-refractivity contribution in [3.8, 4) is 5.75 Å². The van der Waals surface area contributed by atoms with Gasteiger partial charge in [0, 0.05) is 22.6 Å². The molecule has 0 aliphatic rings. The lowest BCUT2D eigenvalue weighted by atomic mass is 10.1. The number of hydrogen-bond donors (Lipinski definition) is 4. The molecule has 0 aliphatic carbocycles. The Morgan fingerprint density at radius 2 is 2.00 bits per heavy atom. The van der Waals surface area contributed by atoms with Crippen LogP contribution in [0.15, 0.2) is 41.2 Å². The summed E-state index contributed by atoms with van der Waals surface area (Å²) in [4.78, 5) is 27.0. The highest BCUT2D eigenvalue weighted by Gasteiger charge is 2.16. The number of aromatic nitrogens is 1. The lowest BCUT2D eigenvalue weighted by molar-refractivity contribution is -0.121. The largest absolute Gasteiger partial charge is 0.506 e. The number of phenols is 1. The van der Waals surface area contributed by atoms with Gasteiger partial charge in [-0.05, 0) is 31.2 Å². The second-order valence-corrected chi connectivity index (χ2v) is 6.22. The number of nitrogen functional groups attached to an aromatic ring is 1. The number of pyridine rings is 1. The molecule has 0 bridgehead atoms. The molecule has 3 aromatic rings. The summed E-state index contributed by atoms with van der Waals surface area (Å²) in [6.45, 7) is 1.55. The van der Waals surface area contributed by atoms with Gasteiger partial charge in [-0.1, -0.05) is 6.07 Å². The quantitative estimate of drug-likeness (QED) is 0.416. The van der Waals surface area contributed by atoms with Crippen LogP contribution in [0.4, 0.5) is 14.5 Å². The van der Waals surface area contributed by atoms with E-state index in [2.05, 4.69) is 10.3 Å². The molecule has 8 heteroatoms. The lowest BCUT2D eigenvalue weighted by Gasteiger charge is -2.15. The molecule has 1 amide bonds. The number of nitrogens with two attached hydrogens (primary N) is 1. The number of fused-ring (bicyclic) bond motifs is 1. The molecule has 27 heavy (non-hydrogen) atoms. The predicted octanol–water partition coefficient (Wildman–Crippen LogP) is 2.51. The normalized spacial score (nSPS) is 12.1. The molecule has 0 radical (unpaired) electrons. The van der Waals surface area contributed by atoms with Crippen molar-refractivity contribution in [1.82, 2.24) is 10.3 Å². The van der Waals surface area contributed by atoms with Crippen LogP contribution in [-0.2, 0) is 11.2 Å². The Labute approximate surface area is 152 Å². The minimum absolute atomic E-state index is 0.0900. The van der Waals surface area contributed by atoms with Crippen molar-refractivity contribution in [2.45, 2.75) is 19.4 Å². The first kappa shape index (κ1) is 18.4. The van der Waals surface area contributed by atoms with Gasteiger partial charge in [0.1, 0.15) is 17.4 Å². The zero-order valence-corrected chi connectivity index (χ0v) is 14.3. The summed E-state index contributed by atoms with van der Waals surface area (Å²) in [6.07, 6.45) is -0.270. The van der Waals surface area contributed by atoms with Crippen LogP contribution in [0.1, 0.15) is 24.1 Å². The number of halogens is 2. The van der Waals surface area contributed by atoms with E-state index in [9.17, 15) is 23.5 Å². The Bertz CT molecular complexity index is 1100. The monoisotopic (exact) mass is 373 g/mol. The SMILES string of the molecule is C[C@H](NC(=O)Cc1cc2c(N)c(O)ccc2[nH]c1=O)c1ccc(F)cc1F. The summed E-state index contributed by atoms with van der Waals surface area (Å²) in [5.41, 5.74) is 6.13. The van der Waals surface area contributed by atoms with Crippen molar-refractivity contribution in [2.24, 2.45) is 0 Å². The Balaban J connectivity index is 1.82. The molecule has 6 nitrogen and oxygen atoms in total. The molecule has 5 N–H and O–H groups in total. The van der Waals surface area contributed by atoms with E-state index in [1.165, 1.54) is 24.3 Å². The summed E-state index contributed by atoms with van der Waals surface area (Å²) in [5.74, 6) is -2.13. The van der Waals surface area contributed by atoms with Crippen LogP contribution in [0, 0.1) is 11.6 Å². The second kappa shape index (κ2) is 7.06. The molecule has 3 rings (SSSR count). The van der Waals surface area contributed by atoms with Gasteiger partial charge < -0.3 is 21.1 Å². The smallest absolute Gasteiger partial charge is 0.252 e. The van der Waals surface area contributed by atoms with E-state index in [1.807, 2.05) is 0 Å². The number of carbonyl (C=O) groups excluding carboxylic acids is 1. The van der Waals surface area contributed by atoms with Crippen molar-refractivity contribution >= 4 is 22.5 Å². The first-order valence-corrected chi connectivity index (χ1v) is 8.14. The Hall–Kier alpha value is -3.42. The molecular weight excluding hydrogens is 356 g/mol. The molecule has 0 aliphatic heterocycles. The van der Waals surface area contributed by atoms with E-state index in [0.29, 0.717) is 10.9 Å². The van der Waals surface area contributed by atoms with Gasteiger partial charge in [0.15, 0.2) is 0 Å². The van der Waals surface area contributed by atoms with Gasteiger partial charge in [-0.25, -0.2) is 8.78 Å². The number of benzene rings is 2. The van der Waals surface area contributed by atoms with E-state index in [1.54, 1.807) is 6.92 Å². The van der Waals surface area contributed by atoms with Gasteiger partial charge in [0.2, 0.25) is 5.91 Å². The third-order valence-corrected chi connectivity index (χ3v) is 4.28. The molecule has 1 atom stereocenters. The van der Waals surface area contributed by atoms with Gasteiger partial charge >= 0.3 is 0 Å². The van der Waals surface area contributed by atoms with E-state index in [4.69, 9.17) is 5.73 Å². The average Bonchev–Trinajstić information content (AvgIpc) is 2.59. The molecule has 0 spiro atoms. The number of phenolic OH excluding ortho intramolecular Hbond substituents is 1. The predicted molar refractivity (Wildman–Crippen MR) is 97.3 cm³/mol. The molecule has 1 aromatic heterocycles. The number of anilines is 1. The van der Waals surface area contributed by atoms with E-state index in [-0.39, 0.29) is 29.0 Å². The zero-order valence-electron chi connectivity index (χ0n) is 14.3. The summed E-state index contributed by atoms with van der Waals surface area (Å²) in [7, 11) is 0. The summed E-state index contributed by atoms with van der Waals surface area (Å²) in [5, 5.41) is 12.7. The summed E-state index contributed by atoms with van der Waals surface area (Å²) < 4.78 is 26.8. The molecule has 0 fully saturated rings. The topological polar surface area (TPSA) is 108 Å². The first-order chi connectivity index (χ1) is 12.8. The maximum absolute atomic E-state index is 13.8. The standard InChI is InChI=1S/C19H17F2N3O3/c1-9(12-3-2-11(20)8-14(12)21)23-17(26)7-10-6-13-15(24-19(10)27)4-5-16(25)18(13)22/h2-6,8-9,25H,7,22H2,1H3,(H,23,26)(H,24,27)/t9-/m0/s1. The number of H-pyrrole nitrogens is 1. The minimum atomic E-state index is -0.769. The van der Waals surface area contributed by atoms with Crippen molar-refractivity contribution in [3.05, 3.63) is 69.5 Å². The minimum Gasteiger partial charge on any atom is -0.506 e. The highest BCUT2D eigenvalue weighted by atomic mass is 19.1. The van der Waals surface area contributed by atoms with E-state index >= 15 is 0 Å². The van der Waals surface area contributed by atoms with Crippen molar-refractivity contribution < 1.29 is 18.7 Å². The molecule has 0 unspecified atom stereocenters. The number of aromatic amines is 1. The van der Waals surface area contributed by atoms with E-state index < -0.39 is 29.1 Å². The number of nitrogens with one attached hydrogen (secondary N) is 2. The van der Waals surface area contributed by atoms with Gasteiger partial charge in [-0.3, -0.25) is 9.59 Å². The molecule has 0 saturated heterocycles. The Morgan fingerprint density at radius 1 is 1.26 bits per heavy atom. The maximum Gasteiger partial charge on any atom is 0.252 e. The number of hydrogen-bond acceptors (Lipinski definition) is 4. The highest BCUT2D eigenvalue weighted by molar-refractivity contribution is 5.94. The van der Waals surface area contributed by atoms with Crippen LogP contribution >= 0.6 is 0 Å². The summed E-state index contributed by atoms with van der Waals surface area (Å²) in [6, 6.07) is 6.68. The van der Waals surface area contributed by atoms with Gasteiger partial charge in [-0.15, -0.1) is 0 Å². The van der Waals surface area contributed by atoms with Crippen LogP contribution in [0.25, 0.3) is 10.9 Å². The van der Waals surface area contributed by atoms with Crippen LogP contribution in [0.3, 0.4) is 0 Å². The third kappa shape index (κ3) is 3.74. The van der Waals surface area contributed by atoms with Crippen molar-refractivity contribution in [3.63, 3.8) is 0 Å². The Kier molecular flexibility index (Phi) is 4.81. The molecule has 2 aromatic carbocycles. The van der Waals surface area contributed by atoms with E-state index in [0.717, 1.165) is 12.1 Å². The van der Waals surface area contributed by atoms with Crippen molar-refractivity contribution in [2.75, 3.05) is 5.73 Å². The molecule has 0 saturated carbocycles. The van der Waals surface area contributed by atoms with Crippen molar-refractivity contribution in [1.29, 1.82) is 0 Å². The van der Waals surface area contributed by atoms with Crippen LogP contribution in [0.2, 0.25) is 0 Å². The molecule has 140 valence electrons. The van der Waals surface area contributed by atoms with Gasteiger partial charge in [-0.2, -0.15) is 0 Å². The highest BCUT2D eigenvalue weighted by Crippen LogP contribution is 2.28. The number of amides is 1. The van der Waals surface area contributed by atoms with Crippen LogP contribution < -0.4 is 16.6 Å². The average molecular weight is 373 g/mol. The number of carbonyl (C=O) groups is 1. The second-order valence-electron chi connectivity index (χ2n) is 6.22. The van der Waals surface area contributed by atoms with Crippen LogP contribution in [0.5, 0.6) is 5.75 Å². The van der Waals surface area contributed by atoms with Gasteiger partial charge in [0.05, 0.1) is 23.7 Å². The first-order valence-electron chi connectivity index (χ1n) is 8.14. The fourth-order valence-electron chi connectivity index (χ4n) is 2.86. The number of aromatic hydroxyl groups is 1. The molecular formula is C19H17F2N3O3. The summed E-state index contributed by atoms with van der Waals surface area (Å²) >= 11 is 0. The third-order valence-electron chi connectivity index (χ3n) is 4.28. The maximum atomic E-state index is 13.8. The molecule has 1 heterocycles. The Morgan fingerprint density at radius 3 is 2.70 bits per heavy atom. The number of rotatable bonds is 4. The lowest BCUT2D eigenvalue weighted by Crippen LogP contribution is -2.30. The zero-order chi connectivity index (χ0) is 19.7. The fourth-order valence-corrected chi connectivity index (χ4v) is 2.86. The van der Waals surface area contributed by atoms with Gasteiger partial charge in [0.25, 0.3) is 5.56 Å².